The zero-order valence-corrected chi connectivity index (χ0v) is 23.4. The molecule has 0 atom stereocenters. The Kier molecular flexibility index (Phi) is 9.06. The number of fused-ring (bicyclic) bond motifs is 2. The molecule has 202 valence electrons. The summed E-state index contributed by atoms with van der Waals surface area (Å²) in [5, 5.41) is 1.72. The fourth-order valence-corrected chi connectivity index (χ4v) is 7.16. The summed E-state index contributed by atoms with van der Waals surface area (Å²) in [6.07, 6.45) is 9.75. The van der Waals surface area contributed by atoms with Crippen LogP contribution < -0.4 is 9.47 Å². The van der Waals surface area contributed by atoms with E-state index in [1.165, 1.54) is 23.9 Å². The van der Waals surface area contributed by atoms with Crippen molar-refractivity contribution in [1.29, 1.82) is 0 Å². The molecular weight excluding hydrogens is 572 g/mol. The van der Waals surface area contributed by atoms with Crippen molar-refractivity contribution in [2.24, 2.45) is 0 Å². The molecule has 2 N–H and O–H groups in total. The van der Waals surface area contributed by atoms with Gasteiger partial charge in [-0.15, -0.1) is 0 Å². The van der Waals surface area contributed by atoms with Crippen molar-refractivity contribution in [3.05, 3.63) is 82.6 Å². The van der Waals surface area contributed by atoms with E-state index in [-0.39, 0.29) is 24.3 Å². The first-order chi connectivity index (χ1) is 18.0. The highest BCUT2D eigenvalue weighted by Crippen LogP contribution is 2.46. The van der Waals surface area contributed by atoms with E-state index in [2.05, 4.69) is 0 Å². The Morgan fingerprint density at radius 3 is 2.45 bits per heavy atom. The van der Waals surface area contributed by atoms with Crippen molar-refractivity contribution in [3.63, 3.8) is 0 Å². The molecule has 13 heteroatoms. The molecule has 0 amide bonds. The molecule has 8 nitrogen and oxygen atoms in total. The van der Waals surface area contributed by atoms with Crippen LogP contribution in [0.5, 0.6) is 0 Å². The number of thiazole rings is 1. The molecule has 1 aliphatic heterocycles. The van der Waals surface area contributed by atoms with Gasteiger partial charge < -0.3 is 4.90 Å². The van der Waals surface area contributed by atoms with E-state index in [0.717, 1.165) is 25.1 Å². The van der Waals surface area contributed by atoms with E-state index in [1.54, 1.807) is 17.4 Å². The van der Waals surface area contributed by atoms with Crippen molar-refractivity contribution in [2.45, 2.75) is 24.3 Å². The Labute approximate surface area is 229 Å². The van der Waals surface area contributed by atoms with Crippen molar-refractivity contribution >= 4 is 65.3 Å². The number of para-hydroxylation sites is 1. The quantitative estimate of drug-likeness (QED) is 0.182. The number of hydrogen-bond acceptors (Lipinski definition) is 7. The van der Waals surface area contributed by atoms with Crippen LogP contribution in [0.4, 0.5) is 10.1 Å². The summed E-state index contributed by atoms with van der Waals surface area (Å²) >= 11 is 3.01. The topological polar surface area (TPSA) is 116 Å². The summed E-state index contributed by atoms with van der Waals surface area (Å²) in [6, 6.07) is 12.3. The second-order valence-electron chi connectivity index (χ2n) is 8.45. The average molecular weight is 598 g/mol. The SMILES string of the molecule is O=S(=O)(O)CCCN1C(=CC=CC=Cc2sc3ccccc3[n+]2CCCS(=O)(=O)O)Sc2ccc(F)cc21. The minimum absolute atomic E-state index is 0.180. The molecule has 0 aliphatic carbocycles. The Morgan fingerprint density at radius 2 is 1.68 bits per heavy atom. The number of aromatic nitrogens is 1. The minimum Gasteiger partial charge on any atom is -0.335 e. The third-order valence-electron chi connectivity index (χ3n) is 5.60. The zero-order valence-electron chi connectivity index (χ0n) is 20.1. The van der Waals surface area contributed by atoms with E-state index in [0.29, 0.717) is 18.8 Å². The summed E-state index contributed by atoms with van der Waals surface area (Å²) in [4.78, 5) is 2.68. The van der Waals surface area contributed by atoms with Gasteiger partial charge in [0.15, 0.2) is 6.54 Å². The lowest BCUT2D eigenvalue weighted by Crippen LogP contribution is -2.35. The first-order valence-corrected chi connectivity index (χ1v) is 16.5. The standard InChI is InChI=1S/C25H25FN2O6S4/c26-19-12-13-23-21(18-19)28(15-7-17-38(32,33)34)25(36-23)11-3-1-2-10-24-27(14-6-16-37(29,30)31)20-8-4-5-9-22(20)35-24/h1-5,8-13,18H,6-7,14-17H2,(H-,29,30,31,32,33,34)/p+1. The van der Waals surface area contributed by atoms with Crippen molar-refractivity contribution in [3.8, 4) is 0 Å². The summed E-state index contributed by atoms with van der Waals surface area (Å²) in [7, 11) is -8.12. The largest absolute Gasteiger partial charge is 0.335 e. The predicted octanol–water partition coefficient (Wildman–Crippen LogP) is 4.91. The molecule has 0 fully saturated rings. The third-order valence-corrected chi connectivity index (χ3v) is 9.47. The van der Waals surface area contributed by atoms with Crippen LogP contribution in [0.2, 0.25) is 0 Å². The highest BCUT2D eigenvalue weighted by atomic mass is 32.2. The van der Waals surface area contributed by atoms with E-state index in [9.17, 15) is 21.2 Å². The summed E-state index contributed by atoms with van der Waals surface area (Å²) in [6.45, 7) is 0.728. The van der Waals surface area contributed by atoms with E-state index in [1.807, 2.05) is 64.1 Å². The molecule has 0 spiro atoms. The number of benzene rings is 2. The van der Waals surface area contributed by atoms with Gasteiger partial charge in [-0.3, -0.25) is 9.11 Å². The fraction of sp³-hybridized carbons (Fsp3) is 0.240. The molecule has 3 aromatic rings. The number of rotatable bonds is 11. The number of allylic oxidation sites excluding steroid dienone is 4. The van der Waals surface area contributed by atoms with Gasteiger partial charge >= 0.3 is 0 Å². The summed E-state index contributed by atoms with van der Waals surface area (Å²) in [5.41, 5.74) is 1.63. The predicted molar refractivity (Wildman–Crippen MR) is 150 cm³/mol. The number of nitrogens with zero attached hydrogens (tertiary/aromatic N) is 2. The lowest BCUT2D eigenvalue weighted by molar-refractivity contribution is -0.668. The molecule has 0 radical (unpaired) electrons. The van der Waals surface area contributed by atoms with Gasteiger partial charge in [0.25, 0.3) is 25.2 Å². The molecule has 38 heavy (non-hydrogen) atoms. The number of thioether (sulfide) groups is 1. The Bertz CT molecular complexity index is 1630. The first kappa shape index (κ1) is 28.5. The van der Waals surface area contributed by atoms with Crippen LogP contribution in [0, 0.1) is 5.82 Å². The zero-order chi connectivity index (χ0) is 27.3. The Balaban J connectivity index is 1.50. The molecule has 0 saturated heterocycles. The summed E-state index contributed by atoms with van der Waals surface area (Å²) < 4.78 is 79.6. The van der Waals surface area contributed by atoms with Crippen LogP contribution in [0.3, 0.4) is 0 Å². The monoisotopic (exact) mass is 597 g/mol. The second kappa shape index (κ2) is 12.1. The molecule has 0 bridgehead atoms. The molecule has 1 aliphatic rings. The van der Waals surface area contributed by atoms with Crippen LogP contribution in [0.15, 0.2) is 76.7 Å². The van der Waals surface area contributed by atoms with E-state index >= 15 is 0 Å². The van der Waals surface area contributed by atoms with Crippen LogP contribution in [-0.2, 0) is 26.8 Å². The van der Waals surface area contributed by atoms with Crippen molar-refractivity contribution < 1.29 is 34.9 Å². The van der Waals surface area contributed by atoms with Gasteiger partial charge in [0.2, 0.25) is 5.52 Å². The highest BCUT2D eigenvalue weighted by Gasteiger charge is 2.25. The lowest BCUT2D eigenvalue weighted by atomic mass is 10.2. The van der Waals surface area contributed by atoms with Gasteiger partial charge in [-0.25, -0.2) is 4.39 Å². The summed E-state index contributed by atoms with van der Waals surface area (Å²) in [5.74, 6) is -1.09. The maximum Gasteiger partial charge on any atom is 0.265 e. The molecular formula is C25H26FN2O6S4+. The number of anilines is 1. The molecule has 1 aromatic heterocycles. The first-order valence-electron chi connectivity index (χ1n) is 11.6. The maximum absolute atomic E-state index is 13.9. The van der Waals surface area contributed by atoms with Crippen LogP contribution in [-0.4, -0.2) is 44.0 Å². The van der Waals surface area contributed by atoms with Gasteiger partial charge in [0, 0.05) is 30.0 Å². The van der Waals surface area contributed by atoms with Gasteiger partial charge in [0.1, 0.15) is 10.5 Å². The molecule has 2 heterocycles. The number of aryl methyl sites for hydroxylation is 1. The van der Waals surface area contributed by atoms with Crippen molar-refractivity contribution in [2.75, 3.05) is 23.0 Å². The lowest BCUT2D eigenvalue weighted by Gasteiger charge is -2.20. The number of halogens is 1. The van der Waals surface area contributed by atoms with Gasteiger partial charge in [-0.2, -0.15) is 21.4 Å². The minimum atomic E-state index is -4.09. The fourth-order valence-electron chi connectivity index (χ4n) is 3.99. The van der Waals surface area contributed by atoms with Crippen LogP contribution >= 0.6 is 23.1 Å². The average Bonchev–Trinajstić information content (AvgIpc) is 3.35. The molecule has 2 aromatic carbocycles. The Morgan fingerprint density at radius 1 is 0.947 bits per heavy atom. The normalized spacial score (nSPS) is 15.4. The van der Waals surface area contributed by atoms with E-state index < -0.39 is 26.1 Å². The van der Waals surface area contributed by atoms with Crippen LogP contribution in [0.25, 0.3) is 16.3 Å². The van der Waals surface area contributed by atoms with E-state index in [4.69, 9.17) is 9.11 Å². The van der Waals surface area contributed by atoms with Gasteiger partial charge in [-0.05, 0) is 36.8 Å². The molecule has 0 saturated carbocycles. The smallest absolute Gasteiger partial charge is 0.265 e. The van der Waals surface area contributed by atoms with Gasteiger partial charge in [-0.1, -0.05) is 53.5 Å². The second-order valence-corrected chi connectivity index (χ2v) is 13.7. The van der Waals surface area contributed by atoms with Gasteiger partial charge in [0.05, 0.1) is 22.2 Å². The highest BCUT2D eigenvalue weighted by molar-refractivity contribution is 8.03. The molecule has 4 rings (SSSR count). The Hall–Kier alpha value is -2.55. The number of hydrogen-bond donors (Lipinski definition) is 2. The molecule has 0 unspecified atom stereocenters. The van der Waals surface area contributed by atoms with Crippen molar-refractivity contribution in [1.82, 2.24) is 0 Å². The third kappa shape index (κ3) is 7.74. The maximum atomic E-state index is 13.9. The van der Waals surface area contributed by atoms with Crippen LogP contribution in [0.1, 0.15) is 17.8 Å².